The third kappa shape index (κ3) is 2.32. The summed E-state index contributed by atoms with van der Waals surface area (Å²) in [7, 11) is 0. The van der Waals surface area contributed by atoms with E-state index in [0.29, 0.717) is 23.9 Å². The molecular formula is C15H15NO4. The Labute approximate surface area is 115 Å². The molecule has 0 spiro atoms. The zero-order valence-corrected chi connectivity index (χ0v) is 10.9. The first kappa shape index (κ1) is 12.9. The minimum atomic E-state index is -0.631. The summed E-state index contributed by atoms with van der Waals surface area (Å²) in [5.74, 6) is -0.372. The Hall–Kier alpha value is -2.14. The minimum absolute atomic E-state index is 0.0257. The molecule has 1 atom stereocenters. The SMILES string of the molecule is O=C(c1cc2ccccc2oc1=O)N1CCCC(O)C1. The van der Waals surface area contributed by atoms with Gasteiger partial charge in [-0.15, -0.1) is 0 Å². The van der Waals surface area contributed by atoms with Crippen LogP contribution in [0.4, 0.5) is 0 Å². The molecule has 1 saturated heterocycles. The van der Waals surface area contributed by atoms with E-state index >= 15 is 0 Å². The Morgan fingerprint density at radius 1 is 1.35 bits per heavy atom. The van der Waals surface area contributed by atoms with E-state index < -0.39 is 11.7 Å². The van der Waals surface area contributed by atoms with Crippen molar-refractivity contribution < 1.29 is 14.3 Å². The molecule has 0 saturated carbocycles. The van der Waals surface area contributed by atoms with Crippen molar-refractivity contribution in [2.24, 2.45) is 0 Å². The number of rotatable bonds is 1. The van der Waals surface area contributed by atoms with Gasteiger partial charge in [-0.1, -0.05) is 18.2 Å². The van der Waals surface area contributed by atoms with E-state index in [4.69, 9.17) is 4.42 Å². The molecule has 104 valence electrons. The highest BCUT2D eigenvalue weighted by Gasteiger charge is 2.25. The number of likely N-dealkylation sites (tertiary alicyclic amines) is 1. The second-order valence-corrected chi connectivity index (χ2v) is 5.03. The second-order valence-electron chi connectivity index (χ2n) is 5.03. The number of carbonyl (C=O) groups excluding carboxylic acids is 1. The summed E-state index contributed by atoms with van der Waals surface area (Å²) in [5, 5.41) is 10.3. The Kier molecular flexibility index (Phi) is 3.28. The maximum absolute atomic E-state index is 12.4. The first-order valence-corrected chi connectivity index (χ1v) is 6.65. The Morgan fingerprint density at radius 3 is 2.95 bits per heavy atom. The molecule has 0 aliphatic carbocycles. The van der Waals surface area contributed by atoms with Crippen LogP contribution in [0.1, 0.15) is 23.2 Å². The molecule has 0 bridgehead atoms. The van der Waals surface area contributed by atoms with Crippen molar-refractivity contribution in [3.8, 4) is 0 Å². The van der Waals surface area contributed by atoms with Gasteiger partial charge in [0.25, 0.3) is 5.91 Å². The van der Waals surface area contributed by atoms with Crippen molar-refractivity contribution in [2.45, 2.75) is 18.9 Å². The number of para-hydroxylation sites is 1. The predicted molar refractivity (Wildman–Crippen MR) is 73.6 cm³/mol. The average molecular weight is 273 g/mol. The summed E-state index contributed by atoms with van der Waals surface area (Å²) < 4.78 is 5.17. The Morgan fingerprint density at radius 2 is 2.15 bits per heavy atom. The fraction of sp³-hybridized carbons (Fsp3) is 0.333. The molecule has 1 unspecified atom stereocenters. The topological polar surface area (TPSA) is 70.8 Å². The van der Waals surface area contributed by atoms with Crippen LogP contribution >= 0.6 is 0 Å². The molecule has 1 N–H and O–H groups in total. The smallest absolute Gasteiger partial charge is 0.349 e. The lowest BCUT2D eigenvalue weighted by molar-refractivity contribution is 0.0470. The molecule has 1 aromatic heterocycles. The van der Waals surface area contributed by atoms with Crippen molar-refractivity contribution in [1.82, 2.24) is 4.90 Å². The number of β-amino-alcohol motifs (C(OH)–C–C–N with tert-alkyl or cyclic N) is 1. The molecule has 3 rings (SSSR count). The van der Waals surface area contributed by atoms with Gasteiger partial charge in [0.1, 0.15) is 11.1 Å². The molecule has 1 aliphatic rings. The number of benzene rings is 1. The summed E-state index contributed by atoms with van der Waals surface area (Å²) in [6.07, 6.45) is 0.919. The maximum Gasteiger partial charge on any atom is 0.349 e. The number of aliphatic hydroxyl groups excluding tert-OH is 1. The molecule has 2 heterocycles. The van der Waals surface area contributed by atoms with Crippen molar-refractivity contribution >= 4 is 16.9 Å². The van der Waals surface area contributed by atoms with Crippen molar-refractivity contribution in [2.75, 3.05) is 13.1 Å². The number of hydrogen-bond acceptors (Lipinski definition) is 4. The van der Waals surface area contributed by atoms with E-state index in [2.05, 4.69) is 0 Å². The third-order valence-corrected chi connectivity index (χ3v) is 3.56. The summed E-state index contributed by atoms with van der Waals surface area (Å²) >= 11 is 0. The van der Waals surface area contributed by atoms with Gasteiger partial charge < -0.3 is 14.4 Å². The molecule has 0 radical (unpaired) electrons. The van der Waals surface area contributed by atoms with Gasteiger partial charge in [-0.2, -0.15) is 0 Å². The highest BCUT2D eigenvalue weighted by Crippen LogP contribution is 2.16. The molecule has 1 amide bonds. The Bertz CT molecular complexity index is 706. The number of amides is 1. The van der Waals surface area contributed by atoms with Crippen LogP contribution in [0.25, 0.3) is 11.0 Å². The highest BCUT2D eigenvalue weighted by atomic mass is 16.4. The summed E-state index contributed by atoms with van der Waals surface area (Å²) in [4.78, 5) is 25.8. The maximum atomic E-state index is 12.4. The Balaban J connectivity index is 1.98. The molecule has 20 heavy (non-hydrogen) atoms. The monoisotopic (exact) mass is 273 g/mol. The quantitative estimate of drug-likeness (QED) is 0.797. The van der Waals surface area contributed by atoms with Gasteiger partial charge in [-0.3, -0.25) is 4.79 Å². The van der Waals surface area contributed by atoms with Crippen LogP contribution in [0.15, 0.2) is 39.5 Å². The lowest BCUT2D eigenvalue weighted by Gasteiger charge is -2.29. The lowest BCUT2D eigenvalue weighted by atomic mass is 10.1. The second kappa shape index (κ2) is 5.09. The number of hydrogen-bond donors (Lipinski definition) is 1. The van der Waals surface area contributed by atoms with Gasteiger partial charge in [0, 0.05) is 18.5 Å². The molecule has 5 nitrogen and oxygen atoms in total. The zero-order chi connectivity index (χ0) is 14.1. The highest BCUT2D eigenvalue weighted by molar-refractivity contribution is 5.96. The molecule has 1 aliphatic heterocycles. The lowest BCUT2D eigenvalue weighted by Crippen LogP contribution is -2.43. The van der Waals surface area contributed by atoms with E-state index in [-0.39, 0.29) is 18.0 Å². The van der Waals surface area contributed by atoms with Gasteiger partial charge in [0.05, 0.1) is 6.10 Å². The van der Waals surface area contributed by atoms with Crippen LogP contribution in [0, 0.1) is 0 Å². The van der Waals surface area contributed by atoms with E-state index in [0.717, 1.165) is 6.42 Å². The van der Waals surface area contributed by atoms with E-state index in [1.165, 1.54) is 4.90 Å². The molecule has 1 fully saturated rings. The van der Waals surface area contributed by atoms with Gasteiger partial charge >= 0.3 is 5.63 Å². The van der Waals surface area contributed by atoms with E-state index in [9.17, 15) is 14.7 Å². The van der Waals surface area contributed by atoms with E-state index in [1.54, 1.807) is 24.3 Å². The van der Waals surface area contributed by atoms with Crippen molar-refractivity contribution in [1.29, 1.82) is 0 Å². The van der Waals surface area contributed by atoms with Crippen LogP contribution < -0.4 is 5.63 Å². The van der Waals surface area contributed by atoms with Crippen LogP contribution in [0.5, 0.6) is 0 Å². The zero-order valence-electron chi connectivity index (χ0n) is 10.9. The molecule has 1 aromatic carbocycles. The van der Waals surface area contributed by atoms with Crippen LogP contribution in [0.2, 0.25) is 0 Å². The number of fused-ring (bicyclic) bond motifs is 1. The molecule has 5 heteroatoms. The third-order valence-electron chi connectivity index (χ3n) is 3.56. The fourth-order valence-corrected chi connectivity index (χ4v) is 2.52. The summed E-state index contributed by atoms with van der Waals surface area (Å²) in [6.45, 7) is 0.827. The largest absolute Gasteiger partial charge is 0.422 e. The van der Waals surface area contributed by atoms with Crippen LogP contribution in [0.3, 0.4) is 0 Å². The van der Waals surface area contributed by atoms with Crippen molar-refractivity contribution in [3.63, 3.8) is 0 Å². The number of piperidine rings is 1. The average Bonchev–Trinajstić information content (AvgIpc) is 2.46. The van der Waals surface area contributed by atoms with Gasteiger partial charge in [-0.25, -0.2) is 4.79 Å². The normalized spacial score (nSPS) is 19.2. The fourth-order valence-electron chi connectivity index (χ4n) is 2.52. The molecule has 2 aromatic rings. The van der Waals surface area contributed by atoms with Crippen LogP contribution in [-0.2, 0) is 0 Å². The van der Waals surface area contributed by atoms with Gasteiger partial charge in [0.2, 0.25) is 0 Å². The predicted octanol–water partition coefficient (Wildman–Crippen LogP) is 1.39. The number of aliphatic hydroxyl groups is 1. The first-order chi connectivity index (χ1) is 9.65. The van der Waals surface area contributed by atoms with Crippen molar-refractivity contribution in [3.05, 3.63) is 46.3 Å². The van der Waals surface area contributed by atoms with Crippen LogP contribution in [-0.4, -0.2) is 35.1 Å². The molecular weight excluding hydrogens is 258 g/mol. The van der Waals surface area contributed by atoms with E-state index in [1.807, 2.05) is 6.07 Å². The summed E-state index contributed by atoms with van der Waals surface area (Å²) in [5.41, 5.74) is -0.140. The van der Waals surface area contributed by atoms with Gasteiger partial charge in [0.15, 0.2) is 0 Å². The van der Waals surface area contributed by atoms with Gasteiger partial charge in [-0.05, 0) is 25.0 Å². The number of nitrogens with zero attached hydrogens (tertiary/aromatic N) is 1. The summed E-state index contributed by atoms with van der Waals surface area (Å²) in [6, 6.07) is 8.63. The number of carbonyl (C=O) groups is 1. The first-order valence-electron chi connectivity index (χ1n) is 6.65. The minimum Gasteiger partial charge on any atom is -0.422 e. The standard InChI is InChI=1S/C15H15NO4/c17-11-5-3-7-16(9-11)14(18)12-8-10-4-1-2-6-13(10)20-15(12)19/h1-2,4,6,8,11,17H,3,5,7,9H2.